The number of nitriles is 1. The molecule has 0 fully saturated rings. The Balaban J connectivity index is 2.12. The van der Waals surface area contributed by atoms with Gasteiger partial charge in [-0.2, -0.15) is 5.26 Å². The fourth-order valence-electron chi connectivity index (χ4n) is 3.37. The molecule has 2 aromatic carbocycles. The number of hydrogen-bond donors (Lipinski definition) is 2. The van der Waals surface area contributed by atoms with Crippen LogP contribution in [0.5, 0.6) is 11.5 Å². The van der Waals surface area contributed by atoms with E-state index in [0.29, 0.717) is 11.5 Å². The highest BCUT2D eigenvalue weighted by Gasteiger charge is 2.16. The first kappa shape index (κ1) is 24.6. The van der Waals surface area contributed by atoms with Crippen molar-refractivity contribution >= 4 is 17.3 Å². The Morgan fingerprint density at radius 1 is 1.12 bits per heavy atom. The molecule has 7 heteroatoms. The first-order valence-electron chi connectivity index (χ1n) is 10.6. The number of ether oxygens (including phenoxy) is 2. The van der Waals surface area contributed by atoms with Crippen molar-refractivity contribution < 1.29 is 14.3 Å². The number of aryl methyl sites for hydroxylation is 1. The maximum absolute atomic E-state index is 12.7. The van der Waals surface area contributed by atoms with Crippen LogP contribution in [0.25, 0.3) is 0 Å². The van der Waals surface area contributed by atoms with E-state index in [1.807, 2.05) is 38.1 Å². The molecule has 2 aromatic rings. The number of carbonyl (C=O) groups excluding carboxylic acids is 1. The van der Waals surface area contributed by atoms with Crippen LogP contribution in [0, 0.1) is 18.3 Å². The molecule has 170 valence electrons. The normalized spacial score (nSPS) is 11.8. The van der Waals surface area contributed by atoms with Crippen LogP contribution in [0.15, 0.2) is 48.2 Å². The van der Waals surface area contributed by atoms with Crippen molar-refractivity contribution in [1.29, 1.82) is 5.26 Å². The number of hydrogen-bond acceptors (Lipinski definition) is 6. The molecule has 0 aliphatic carbocycles. The van der Waals surface area contributed by atoms with Gasteiger partial charge < -0.3 is 25.0 Å². The molecule has 32 heavy (non-hydrogen) atoms. The number of benzene rings is 2. The summed E-state index contributed by atoms with van der Waals surface area (Å²) in [5.74, 6) is 0.728. The lowest BCUT2D eigenvalue weighted by Crippen LogP contribution is -2.28. The molecule has 2 N–H and O–H groups in total. The summed E-state index contributed by atoms with van der Waals surface area (Å²) < 4.78 is 10.6. The Bertz CT molecular complexity index is 1010. The molecule has 7 nitrogen and oxygen atoms in total. The van der Waals surface area contributed by atoms with E-state index >= 15 is 0 Å². The Kier molecular flexibility index (Phi) is 8.96. The lowest BCUT2D eigenvalue weighted by atomic mass is 10.1. The molecular formula is C25H32N4O3. The van der Waals surface area contributed by atoms with E-state index in [1.165, 1.54) is 6.20 Å². The fourth-order valence-corrected chi connectivity index (χ4v) is 3.37. The van der Waals surface area contributed by atoms with E-state index < -0.39 is 5.91 Å². The zero-order valence-corrected chi connectivity index (χ0v) is 19.7. The van der Waals surface area contributed by atoms with Gasteiger partial charge in [-0.15, -0.1) is 0 Å². The summed E-state index contributed by atoms with van der Waals surface area (Å²) >= 11 is 0. The minimum absolute atomic E-state index is 0.00968. The summed E-state index contributed by atoms with van der Waals surface area (Å²) in [4.78, 5) is 14.9. The molecule has 0 aliphatic rings. The molecule has 0 spiro atoms. The summed E-state index contributed by atoms with van der Waals surface area (Å²) in [6, 6.07) is 13.2. The van der Waals surface area contributed by atoms with Crippen LogP contribution < -0.4 is 25.0 Å². The van der Waals surface area contributed by atoms with Gasteiger partial charge in [0, 0.05) is 30.7 Å². The van der Waals surface area contributed by atoms with Crippen molar-refractivity contribution in [2.45, 2.75) is 33.7 Å². The van der Waals surface area contributed by atoms with Crippen molar-refractivity contribution in [3.8, 4) is 17.6 Å². The number of rotatable bonds is 10. The van der Waals surface area contributed by atoms with Crippen LogP contribution in [-0.4, -0.2) is 33.2 Å². The maximum atomic E-state index is 12.7. The molecule has 0 radical (unpaired) electrons. The van der Waals surface area contributed by atoms with E-state index in [1.54, 1.807) is 26.4 Å². The second kappa shape index (κ2) is 11.7. The molecule has 0 aromatic heterocycles. The Morgan fingerprint density at radius 3 is 2.38 bits per heavy atom. The van der Waals surface area contributed by atoms with Gasteiger partial charge in [0.2, 0.25) is 0 Å². The number of amides is 1. The van der Waals surface area contributed by atoms with Crippen molar-refractivity contribution in [2.75, 3.05) is 37.5 Å². The van der Waals surface area contributed by atoms with Gasteiger partial charge in [0.15, 0.2) is 11.5 Å². The quantitative estimate of drug-likeness (QED) is 0.420. The standard InChI is InChI=1S/C25H32N4O3/c1-7-29(8-2)21-10-11-22(17(3)13-21)27-16-20(15-26)25(30)28-18(4)19-9-12-23(31-5)24(14-19)32-6/h9-14,16,18,27H,7-8H2,1-6H3,(H,28,30)/b20-16-. The van der Waals surface area contributed by atoms with Gasteiger partial charge in [-0.05, 0) is 69.2 Å². The Hall–Kier alpha value is -3.66. The first-order valence-corrected chi connectivity index (χ1v) is 10.6. The average molecular weight is 437 g/mol. The summed E-state index contributed by atoms with van der Waals surface area (Å²) in [6.07, 6.45) is 1.44. The van der Waals surface area contributed by atoms with Crippen molar-refractivity contribution in [3.63, 3.8) is 0 Å². The van der Waals surface area contributed by atoms with Gasteiger partial charge in [0.1, 0.15) is 11.6 Å². The summed E-state index contributed by atoms with van der Waals surface area (Å²) in [5, 5.41) is 15.4. The SMILES string of the molecule is CCN(CC)c1ccc(N/C=C(/C#N)C(=O)NC(C)c2ccc(OC)c(OC)c2)c(C)c1. The third kappa shape index (κ3) is 5.94. The van der Waals surface area contributed by atoms with Gasteiger partial charge in [-0.25, -0.2) is 0 Å². The molecule has 2 rings (SSSR count). The third-order valence-electron chi connectivity index (χ3n) is 5.33. The lowest BCUT2D eigenvalue weighted by molar-refractivity contribution is -0.117. The number of carbonyl (C=O) groups is 1. The monoisotopic (exact) mass is 436 g/mol. The molecule has 0 aliphatic heterocycles. The topological polar surface area (TPSA) is 86.6 Å². The van der Waals surface area contributed by atoms with Crippen LogP contribution in [0.3, 0.4) is 0 Å². The average Bonchev–Trinajstić information content (AvgIpc) is 2.80. The number of nitrogens with zero attached hydrogens (tertiary/aromatic N) is 2. The van der Waals surface area contributed by atoms with E-state index in [2.05, 4.69) is 35.4 Å². The van der Waals surface area contributed by atoms with Crippen LogP contribution in [0.2, 0.25) is 0 Å². The highest BCUT2D eigenvalue weighted by atomic mass is 16.5. The molecule has 1 amide bonds. The number of anilines is 2. The maximum Gasteiger partial charge on any atom is 0.263 e. The highest BCUT2D eigenvalue weighted by molar-refractivity contribution is 5.97. The molecular weight excluding hydrogens is 404 g/mol. The summed E-state index contributed by atoms with van der Waals surface area (Å²) in [5.41, 5.74) is 3.84. The zero-order valence-electron chi connectivity index (χ0n) is 19.7. The number of nitrogens with one attached hydrogen (secondary N) is 2. The first-order chi connectivity index (χ1) is 15.4. The fraction of sp³-hybridized carbons (Fsp3) is 0.360. The van der Waals surface area contributed by atoms with E-state index in [4.69, 9.17) is 9.47 Å². The van der Waals surface area contributed by atoms with Crippen LogP contribution in [0.4, 0.5) is 11.4 Å². The summed E-state index contributed by atoms with van der Waals surface area (Å²) in [7, 11) is 3.13. The van der Waals surface area contributed by atoms with E-state index in [0.717, 1.165) is 35.6 Å². The van der Waals surface area contributed by atoms with E-state index in [9.17, 15) is 10.1 Å². The van der Waals surface area contributed by atoms with Crippen LogP contribution >= 0.6 is 0 Å². The highest BCUT2D eigenvalue weighted by Crippen LogP contribution is 2.30. The zero-order chi connectivity index (χ0) is 23.7. The van der Waals surface area contributed by atoms with Gasteiger partial charge in [-0.3, -0.25) is 4.79 Å². The minimum Gasteiger partial charge on any atom is -0.493 e. The van der Waals surface area contributed by atoms with Crippen LogP contribution in [0.1, 0.15) is 37.9 Å². The predicted molar refractivity (Wildman–Crippen MR) is 128 cm³/mol. The second-order valence-electron chi connectivity index (χ2n) is 7.30. The molecule has 0 saturated heterocycles. The second-order valence-corrected chi connectivity index (χ2v) is 7.30. The van der Waals surface area contributed by atoms with Gasteiger partial charge >= 0.3 is 0 Å². The van der Waals surface area contributed by atoms with Crippen molar-refractivity contribution in [3.05, 3.63) is 59.3 Å². The molecule has 0 saturated carbocycles. The van der Waals surface area contributed by atoms with Crippen molar-refractivity contribution in [1.82, 2.24) is 5.32 Å². The Morgan fingerprint density at radius 2 is 1.81 bits per heavy atom. The van der Waals surface area contributed by atoms with Gasteiger partial charge in [0.05, 0.1) is 20.3 Å². The van der Waals surface area contributed by atoms with Crippen LogP contribution in [-0.2, 0) is 4.79 Å². The molecule has 1 atom stereocenters. The predicted octanol–water partition coefficient (Wildman–Crippen LogP) is 4.56. The molecule has 0 heterocycles. The number of methoxy groups -OCH3 is 2. The van der Waals surface area contributed by atoms with E-state index in [-0.39, 0.29) is 11.6 Å². The molecule has 0 bridgehead atoms. The van der Waals surface area contributed by atoms with Gasteiger partial charge in [-0.1, -0.05) is 6.07 Å². The largest absolute Gasteiger partial charge is 0.493 e. The Labute approximate surface area is 190 Å². The smallest absolute Gasteiger partial charge is 0.263 e. The third-order valence-corrected chi connectivity index (χ3v) is 5.33. The van der Waals surface area contributed by atoms with Crippen molar-refractivity contribution in [2.24, 2.45) is 0 Å². The summed E-state index contributed by atoms with van der Waals surface area (Å²) in [6.45, 7) is 9.94. The van der Waals surface area contributed by atoms with Gasteiger partial charge in [0.25, 0.3) is 5.91 Å². The minimum atomic E-state index is -0.459. The molecule has 1 unspecified atom stereocenters. The lowest BCUT2D eigenvalue weighted by Gasteiger charge is -2.22.